The molecule has 0 saturated heterocycles. The van der Waals surface area contributed by atoms with Gasteiger partial charge in [0.25, 0.3) is 0 Å². The van der Waals surface area contributed by atoms with E-state index in [1.165, 1.54) is 11.6 Å². The molecule has 0 bridgehead atoms. The first-order valence-electron chi connectivity index (χ1n) is 5.68. The van der Waals surface area contributed by atoms with Gasteiger partial charge in [-0.2, -0.15) is 0 Å². The van der Waals surface area contributed by atoms with E-state index in [-0.39, 0.29) is 5.82 Å². The lowest BCUT2D eigenvalue weighted by Gasteiger charge is -2.06. The standard InChI is InChI=1S/C15H14ClF/c1-2-11-3-6-13(7-4-11)14-9-12(10-16)5-8-15(14)17/h3-9H,2,10H2,1H3. The van der Waals surface area contributed by atoms with Gasteiger partial charge < -0.3 is 0 Å². The summed E-state index contributed by atoms with van der Waals surface area (Å²) in [7, 11) is 0. The molecule has 0 nitrogen and oxygen atoms in total. The van der Waals surface area contributed by atoms with Crippen LogP contribution in [0.25, 0.3) is 11.1 Å². The monoisotopic (exact) mass is 248 g/mol. The van der Waals surface area contributed by atoms with E-state index < -0.39 is 0 Å². The first-order valence-corrected chi connectivity index (χ1v) is 6.21. The molecule has 0 heterocycles. The number of hydrogen-bond donors (Lipinski definition) is 0. The molecule has 0 aromatic heterocycles. The second kappa shape index (κ2) is 5.33. The summed E-state index contributed by atoms with van der Waals surface area (Å²) in [6, 6.07) is 13.0. The van der Waals surface area contributed by atoms with E-state index in [9.17, 15) is 4.39 Å². The molecule has 0 saturated carbocycles. The molecule has 2 aromatic rings. The van der Waals surface area contributed by atoms with Crippen molar-refractivity contribution in [2.24, 2.45) is 0 Å². The molecule has 0 amide bonds. The Morgan fingerprint density at radius 1 is 1.00 bits per heavy atom. The molecule has 0 atom stereocenters. The van der Waals surface area contributed by atoms with Gasteiger partial charge in [0.1, 0.15) is 5.82 Å². The number of hydrogen-bond acceptors (Lipinski definition) is 0. The van der Waals surface area contributed by atoms with E-state index in [2.05, 4.69) is 6.92 Å². The fraction of sp³-hybridized carbons (Fsp3) is 0.200. The van der Waals surface area contributed by atoms with Crippen LogP contribution in [0.15, 0.2) is 42.5 Å². The molecule has 0 N–H and O–H groups in total. The van der Waals surface area contributed by atoms with E-state index in [0.29, 0.717) is 11.4 Å². The minimum absolute atomic E-state index is 0.205. The molecule has 2 heteroatoms. The molecular weight excluding hydrogens is 235 g/mol. The van der Waals surface area contributed by atoms with Gasteiger partial charge in [0, 0.05) is 11.4 Å². The Morgan fingerprint density at radius 3 is 2.24 bits per heavy atom. The lowest BCUT2D eigenvalue weighted by molar-refractivity contribution is 0.631. The molecule has 0 radical (unpaired) electrons. The zero-order chi connectivity index (χ0) is 12.3. The lowest BCUT2D eigenvalue weighted by Crippen LogP contribution is -1.88. The Morgan fingerprint density at radius 2 is 1.65 bits per heavy atom. The Balaban J connectivity index is 2.43. The highest BCUT2D eigenvalue weighted by Gasteiger charge is 2.05. The van der Waals surface area contributed by atoms with E-state index in [4.69, 9.17) is 11.6 Å². The third-order valence-electron chi connectivity index (χ3n) is 2.86. The van der Waals surface area contributed by atoms with Gasteiger partial charge >= 0.3 is 0 Å². The summed E-state index contributed by atoms with van der Waals surface area (Å²) in [5.41, 5.74) is 3.70. The molecule has 2 rings (SSSR count). The van der Waals surface area contributed by atoms with Crippen molar-refractivity contribution >= 4 is 11.6 Å². The first kappa shape index (κ1) is 12.1. The molecule has 0 aliphatic carbocycles. The average Bonchev–Trinajstić information content (AvgIpc) is 2.39. The van der Waals surface area contributed by atoms with Crippen LogP contribution in [0.5, 0.6) is 0 Å². The van der Waals surface area contributed by atoms with Crippen molar-refractivity contribution in [3.63, 3.8) is 0 Å². The molecule has 0 aliphatic heterocycles. The molecule has 17 heavy (non-hydrogen) atoms. The molecule has 0 spiro atoms. The van der Waals surface area contributed by atoms with Crippen LogP contribution in [0.3, 0.4) is 0 Å². The van der Waals surface area contributed by atoms with Crippen LogP contribution >= 0.6 is 11.6 Å². The molecule has 0 aliphatic rings. The zero-order valence-corrected chi connectivity index (χ0v) is 10.5. The normalized spacial score (nSPS) is 10.5. The predicted molar refractivity (Wildman–Crippen MR) is 70.8 cm³/mol. The van der Waals surface area contributed by atoms with Crippen LogP contribution in [0.1, 0.15) is 18.1 Å². The third kappa shape index (κ3) is 2.67. The molecular formula is C15H14ClF. The summed E-state index contributed by atoms with van der Waals surface area (Å²) in [5.74, 6) is 0.198. The summed E-state index contributed by atoms with van der Waals surface area (Å²) in [6.45, 7) is 2.10. The Labute approximate surface area is 106 Å². The highest BCUT2D eigenvalue weighted by Crippen LogP contribution is 2.25. The van der Waals surface area contributed by atoms with Crippen LogP contribution < -0.4 is 0 Å². The second-order valence-electron chi connectivity index (χ2n) is 4.00. The summed E-state index contributed by atoms with van der Waals surface area (Å²) < 4.78 is 13.7. The fourth-order valence-electron chi connectivity index (χ4n) is 1.80. The summed E-state index contributed by atoms with van der Waals surface area (Å²) in [6.07, 6.45) is 0.991. The quantitative estimate of drug-likeness (QED) is 0.685. The topological polar surface area (TPSA) is 0 Å². The molecule has 2 aromatic carbocycles. The number of alkyl halides is 1. The van der Waals surface area contributed by atoms with Crippen molar-refractivity contribution in [1.82, 2.24) is 0 Å². The van der Waals surface area contributed by atoms with Crippen LogP contribution in [-0.4, -0.2) is 0 Å². The van der Waals surface area contributed by atoms with Crippen molar-refractivity contribution in [1.29, 1.82) is 0 Å². The van der Waals surface area contributed by atoms with Gasteiger partial charge in [-0.3, -0.25) is 0 Å². The van der Waals surface area contributed by atoms with Crippen LogP contribution in [0, 0.1) is 5.82 Å². The van der Waals surface area contributed by atoms with Gasteiger partial charge in [0.2, 0.25) is 0 Å². The van der Waals surface area contributed by atoms with Crippen molar-refractivity contribution < 1.29 is 4.39 Å². The zero-order valence-electron chi connectivity index (χ0n) is 9.71. The van der Waals surface area contributed by atoms with Gasteiger partial charge in [-0.1, -0.05) is 37.3 Å². The maximum absolute atomic E-state index is 13.7. The Kier molecular flexibility index (Phi) is 3.80. The van der Waals surface area contributed by atoms with Gasteiger partial charge in [-0.05, 0) is 35.2 Å². The average molecular weight is 249 g/mol. The lowest BCUT2D eigenvalue weighted by atomic mass is 10.0. The highest BCUT2D eigenvalue weighted by atomic mass is 35.5. The largest absolute Gasteiger partial charge is 0.206 e. The van der Waals surface area contributed by atoms with Crippen LogP contribution in [-0.2, 0) is 12.3 Å². The van der Waals surface area contributed by atoms with Crippen LogP contribution in [0.4, 0.5) is 4.39 Å². The minimum Gasteiger partial charge on any atom is -0.206 e. The third-order valence-corrected chi connectivity index (χ3v) is 3.17. The van der Waals surface area contributed by atoms with Crippen molar-refractivity contribution in [3.8, 4) is 11.1 Å². The van der Waals surface area contributed by atoms with E-state index in [0.717, 1.165) is 17.5 Å². The fourth-order valence-corrected chi connectivity index (χ4v) is 1.96. The number of benzene rings is 2. The number of rotatable bonds is 3. The maximum atomic E-state index is 13.7. The SMILES string of the molecule is CCc1ccc(-c2cc(CCl)ccc2F)cc1. The van der Waals surface area contributed by atoms with Crippen molar-refractivity contribution in [3.05, 3.63) is 59.4 Å². The van der Waals surface area contributed by atoms with Gasteiger partial charge in [0.15, 0.2) is 0 Å². The minimum atomic E-state index is -0.205. The van der Waals surface area contributed by atoms with Gasteiger partial charge in [-0.15, -0.1) is 11.6 Å². The molecule has 0 unspecified atom stereocenters. The Bertz CT molecular complexity index is 503. The predicted octanol–water partition coefficient (Wildman–Crippen LogP) is 4.79. The Hall–Kier alpha value is -1.34. The number of halogens is 2. The maximum Gasteiger partial charge on any atom is 0.131 e. The van der Waals surface area contributed by atoms with Crippen LogP contribution in [0.2, 0.25) is 0 Å². The van der Waals surface area contributed by atoms with E-state index in [1.807, 2.05) is 30.3 Å². The van der Waals surface area contributed by atoms with Crippen molar-refractivity contribution in [2.75, 3.05) is 0 Å². The van der Waals surface area contributed by atoms with Gasteiger partial charge in [0.05, 0.1) is 0 Å². The second-order valence-corrected chi connectivity index (χ2v) is 4.27. The van der Waals surface area contributed by atoms with Gasteiger partial charge in [-0.25, -0.2) is 4.39 Å². The number of aryl methyl sites for hydroxylation is 1. The van der Waals surface area contributed by atoms with E-state index >= 15 is 0 Å². The molecule has 88 valence electrons. The summed E-state index contributed by atoms with van der Waals surface area (Å²) in [4.78, 5) is 0. The summed E-state index contributed by atoms with van der Waals surface area (Å²) >= 11 is 5.76. The van der Waals surface area contributed by atoms with E-state index in [1.54, 1.807) is 6.07 Å². The molecule has 0 fully saturated rings. The summed E-state index contributed by atoms with van der Waals surface area (Å²) in [5, 5.41) is 0. The first-order chi connectivity index (χ1) is 8.24. The van der Waals surface area contributed by atoms with Crippen molar-refractivity contribution in [2.45, 2.75) is 19.2 Å². The highest BCUT2D eigenvalue weighted by molar-refractivity contribution is 6.17. The smallest absolute Gasteiger partial charge is 0.131 e.